The van der Waals surface area contributed by atoms with Crippen LogP contribution in [0.15, 0.2) is 17.0 Å². The van der Waals surface area contributed by atoms with Gasteiger partial charge in [0.15, 0.2) is 0 Å². The number of hydrogen-bond donors (Lipinski definition) is 2. The highest BCUT2D eigenvalue weighted by Crippen LogP contribution is 2.30. The van der Waals surface area contributed by atoms with Gasteiger partial charge < -0.3 is 0 Å². The van der Waals surface area contributed by atoms with Crippen LogP contribution < -0.4 is 10.0 Å². The van der Waals surface area contributed by atoms with Gasteiger partial charge >= 0.3 is 0 Å². The number of aromatic nitrogens is 2. The average Bonchev–Trinajstić information content (AvgIpc) is 3.18. The monoisotopic (exact) mass is 434 g/mol. The molecule has 2 aromatic rings. The number of benzene rings is 1. The fraction of sp³-hybridized carbons (Fsp3) is 0.400. The fourth-order valence-corrected chi connectivity index (χ4v) is 5.50. The molecular weight excluding hydrogens is 419 g/mol. The maximum Gasteiger partial charge on any atom is 0.259 e. The van der Waals surface area contributed by atoms with Gasteiger partial charge in [0.1, 0.15) is 9.90 Å². The van der Waals surface area contributed by atoms with Gasteiger partial charge in [0.25, 0.3) is 5.91 Å². The molecule has 1 saturated carbocycles. The Labute approximate surface area is 165 Å². The van der Waals surface area contributed by atoms with Crippen LogP contribution in [0.3, 0.4) is 0 Å². The molecule has 0 spiro atoms. The molecule has 1 aromatic carbocycles. The van der Waals surface area contributed by atoms with E-state index in [-0.39, 0.29) is 26.5 Å². The standard InChI is InChI=1S/C15H16Cl2N4O3S2/c1-8-19-20-15(25-8)18-14(22)10-6-13(12(17)7-11(10)16)26(23,24)21-9-4-2-3-5-9/h6-7,9,21H,2-5H2,1H3,(H,18,20,22). The molecule has 26 heavy (non-hydrogen) atoms. The molecule has 7 nitrogen and oxygen atoms in total. The number of hydrogen-bond acceptors (Lipinski definition) is 6. The van der Waals surface area contributed by atoms with Gasteiger partial charge in [-0.25, -0.2) is 13.1 Å². The molecule has 1 aliphatic rings. The van der Waals surface area contributed by atoms with Crippen molar-refractivity contribution < 1.29 is 13.2 Å². The summed E-state index contributed by atoms with van der Waals surface area (Å²) in [7, 11) is -3.86. The number of rotatable bonds is 5. The SMILES string of the molecule is Cc1nnc(NC(=O)c2cc(S(=O)(=O)NC3CCCC3)c(Cl)cc2Cl)s1. The first kappa shape index (κ1) is 19.5. The smallest absolute Gasteiger partial charge is 0.259 e. The number of halogens is 2. The van der Waals surface area contributed by atoms with Crippen LogP contribution in [-0.4, -0.2) is 30.6 Å². The van der Waals surface area contributed by atoms with Crippen LogP contribution in [0.25, 0.3) is 0 Å². The molecule has 140 valence electrons. The summed E-state index contributed by atoms with van der Waals surface area (Å²) >= 11 is 13.4. The molecule has 0 saturated heterocycles. The summed E-state index contributed by atoms with van der Waals surface area (Å²) in [5.74, 6) is -0.583. The number of carbonyl (C=O) groups is 1. The van der Waals surface area contributed by atoms with Gasteiger partial charge in [0, 0.05) is 6.04 Å². The molecule has 0 radical (unpaired) electrons. The topological polar surface area (TPSA) is 101 Å². The van der Waals surface area contributed by atoms with E-state index in [9.17, 15) is 13.2 Å². The third-order valence-corrected chi connectivity index (χ3v) is 7.03. The van der Waals surface area contributed by atoms with E-state index < -0.39 is 15.9 Å². The van der Waals surface area contributed by atoms with E-state index in [0.717, 1.165) is 25.7 Å². The Morgan fingerprint density at radius 1 is 1.19 bits per heavy atom. The van der Waals surface area contributed by atoms with Crippen LogP contribution >= 0.6 is 34.5 Å². The van der Waals surface area contributed by atoms with Gasteiger partial charge in [-0.3, -0.25) is 10.1 Å². The molecular formula is C15H16Cl2N4O3S2. The van der Waals surface area contributed by atoms with Crippen molar-refractivity contribution in [2.45, 2.75) is 43.5 Å². The second-order valence-electron chi connectivity index (χ2n) is 5.95. The van der Waals surface area contributed by atoms with Crippen LogP contribution in [0.5, 0.6) is 0 Å². The first-order valence-corrected chi connectivity index (χ1v) is 10.9. The summed E-state index contributed by atoms with van der Waals surface area (Å²) in [6.45, 7) is 1.75. The van der Waals surface area contributed by atoms with Gasteiger partial charge in [-0.2, -0.15) is 0 Å². The van der Waals surface area contributed by atoms with E-state index in [4.69, 9.17) is 23.2 Å². The quantitative estimate of drug-likeness (QED) is 0.747. The minimum atomic E-state index is -3.86. The van der Waals surface area contributed by atoms with Crippen molar-refractivity contribution >= 4 is 55.6 Å². The second kappa shape index (κ2) is 7.77. The van der Waals surface area contributed by atoms with Gasteiger partial charge in [-0.05, 0) is 31.9 Å². The summed E-state index contributed by atoms with van der Waals surface area (Å²) < 4.78 is 28.0. The zero-order valence-electron chi connectivity index (χ0n) is 13.8. The zero-order valence-corrected chi connectivity index (χ0v) is 16.9. The van der Waals surface area contributed by atoms with Gasteiger partial charge in [0.05, 0.1) is 15.6 Å². The van der Waals surface area contributed by atoms with Crippen LogP contribution in [0.4, 0.5) is 5.13 Å². The Bertz CT molecular complexity index is 940. The number of sulfonamides is 1. The molecule has 1 heterocycles. The number of nitrogens with one attached hydrogen (secondary N) is 2. The highest BCUT2D eigenvalue weighted by atomic mass is 35.5. The molecule has 3 rings (SSSR count). The summed E-state index contributed by atoms with van der Waals surface area (Å²) in [5.41, 5.74) is -0.00397. The normalized spacial score (nSPS) is 15.3. The largest absolute Gasteiger partial charge is 0.296 e. The van der Waals surface area contributed by atoms with Crippen molar-refractivity contribution in [2.75, 3.05) is 5.32 Å². The molecule has 0 aliphatic heterocycles. The summed E-state index contributed by atoms with van der Waals surface area (Å²) in [6, 6.07) is 2.32. The van der Waals surface area contributed by atoms with E-state index >= 15 is 0 Å². The number of carbonyl (C=O) groups excluding carboxylic acids is 1. The molecule has 0 bridgehead atoms. The van der Waals surface area contributed by atoms with Crippen molar-refractivity contribution in [2.24, 2.45) is 0 Å². The van der Waals surface area contributed by atoms with Gasteiger partial charge in [0.2, 0.25) is 15.2 Å². The predicted octanol–water partition coefficient (Wildman–Crippen LogP) is 3.63. The minimum Gasteiger partial charge on any atom is -0.296 e. The fourth-order valence-electron chi connectivity index (χ4n) is 2.75. The number of anilines is 1. The lowest BCUT2D eigenvalue weighted by Gasteiger charge is -2.15. The van der Waals surface area contributed by atoms with Crippen LogP contribution in [-0.2, 0) is 10.0 Å². The van der Waals surface area contributed by atoms with Crippen molar-refractivity contribution in [3.8, 4) is 0 Å². The van der Waals surface area contributed by atoms with Crippen LogP contribution in [0.2, 0.25) is 10.0 Å². The van der Waals surface area contributed by atoms with Crippen molar-refractivity contribution in [3.05, 3.63) is 32.7 Å². The molecule has 11 heteroatoms. The minimum absolute atomic E-state index is 0.00397. The Balaban J connectivity index is 1.89. The van der Waals surface area contributed by atoms with E-state index in [0.29, 0.717) is 10.1 Å². The van der Waals surface area contributed by atoms with Crippen molar-refractivity contribution in [1.82, 2.24) is 14.9 Å². The maximum atomic E-state index is 12.7. The molecule has 1 fully saturated rings. The van der Waals surface area contributed by atoms with E-state index in [1.807, 2.05) is 0 Å². The molecule has 0 unspecified atom stereocenters. The predicted molar refractivity (Wildman–Crippen MR) is 102 cm³/mol. The first-order chi connectivity index (χ1) is 12.3. The molecule has 1 aromatic heterocycles. The lowest BCUT2D eigenvalue weighted by atomic mass is 10.2. The van der Waals surface area contributed by atoms with Gasteiger partial charge in [-0.1, -0.05) is 47.4 Å². The number of amides is 1. The Morgan fingerprint density at radius 3 is 2.50 bits per heavy atom. The highest BCUT2D eigenvalue weighted by molar-refractivity contribution is 7.89. The van der Waals surface area contributed by atoms with E-state index in [1.54, 1.807) is 6.92 Å². The van der Waals surface area contributed by atoms with Crippen LogP contribution in [0.1, 0.15) is 41.0 Å². The molecule has 1 aliphatic carbocycles. The lowest BCUT2D eigenvalue weighted by molar-refractivity contribution is 0.102. The Morgan fingerprint density at radius 2 is 1.88 bits per heavy atom. The van der Waals surface area contributed by atoms with Gasteiger partial charge in [-0.15, -0.1) is 10.2 Å². The lowest BCUT2D eigenvalue weighted by Crippen LogP contribution is -2.33. The number of nitrogens with zero attached hydrogens (tertiary/aromatic N) is 2. The van der Waals surface area contributed by atoms with E-state index in [1.165, 1.54) is 23.5 Å². The highest BCUT2D eigenvalue weighted by Gasteiger charge is 2.27. The Hall–Kier alpha value is -1.26. The first-order valence-electron chi connectivity index (χ1n) is 7.89. The third-order valence-electron chi connectivity index (χ3n) is 3.98. The zero-order chi connectivity index (χ0) is 18.9. The maximum absolute atomic E-state index is 12.7. The van der Waals surface area contributed by atoms with Crippen molar-refractivity contribution in [3.63, 3.8) is 0 Å². The Kier molecular flexibility index (Phi) is 5.83. The average molecular weight is 435 g/mol. The summed E-state index contributed by atoms with van der Waals surface area (Å²) in [5, 5.41) is 11.2. The molecule has 2 N–H and O–H groups in total. The van der Waals surface area contributed by atoms with Crippen LogP contribution in [0, 0.1) is 6.92 Å². The summed E-state index contributed by atoms with van der Waals surface area (Å²) in [4.78, 5) is 12.3. The second-order valence-corrected chi connectivity index (χ2v) is 9.62. The third kappa shape index (κ3) is 4.34. The summed E-state index contributed by atoms with van der Waals surface area (Å²) in [6.07, 6.45) is 3.54. The van der Waals surface area contributed by atoms with Crippen molar-refractivity contribution in [1.29, 1.82) is 0 Å². The van der Waals surface area contributed by atoms with E-state index in [2.05, 4.69) is 20.2 Å². The molecule has 0 atom stereocenters. The number of aryl methyl sites for hydroxylation is 1. The molecule has 1 amide bonds.